The molecule has 0 amide bonds. The number of aliphatic hydroxyl groups is 1. The first-order chi connectivity index (χ1) is 23.2. The lowest BCUT2D eigenvalue weighted by atomic mass is 10.1. The van der Waals surface area contributed by atoms with Crippen LogP contribution in [0.1, 0.15) is 60.5 Å². The van der Waals surface area contributed by atoms with Gasteiger partial charge >= 0.3 is 6.18 Å². The van der Waals surface area contributed by atoms with Crippen LogP contribution in [0.2, 0.25) is 0 Å². The molecule has 0 aliphatic carbocycles. The Morgan fingerprint density at radius 3 is 2.42 bits per heavy atom. The predicted octanol–water partition coefficient (Wildman–Crippen LogP) is 5.25. The molecule has 2 N–H and O–H groups in total. The second-order valence-corrected chi connectivity index (χ2v) is 12.3. The first-order valence-corrected chi connectivity index (χ1v) is 16.9. The minimum absolute atomic E-state index is 0.128. The van der Waals surface area contributed by atoms with Crippen molar-refractivity contribution in [2.75, 3.05) is 70.2 Å². The largest absolute Gasteiger partial charge is 0.493 e. The van der Waals surface area contributed by atoms with Gasteiger partial charge in [0.15, 0.2) is 11.4 Å². The molecular weight excluding hydrogens is 647 g/mol. The first kappa shape index (κ1) is 38.8. The summed E-state index contributed by atoms with van der Waals surface area (Å²) in [5.74, 6) is 0.674. The molecule has 1 unspecified atom stereocenters. The number of likely N-dealkylation sites (tertiary alicyclic amines) is 1. The summed E-state index contributed by atoms with van der Waals surface area (Å²) in [6.07, 6.45) is 3.81. The van der Waals surface area contributed by atoms with Crippen LogP contribution < -0.4 is 15.0 Å². The number of alkyl halides is 3. The van der Waals surface area contributed by atoms with E-state index in [9.17, 15) is 22.8 Å². The number of aldehydes is 2. The maximum absolute atomic E-state index is 13.6. The van der Waals surface area contributed by atoms with Gasteiger partial charge in [-0.2, -0.15) is 13.2 Å². The van der Waals surface area contributed by atoms with Gasteiger partial charge in [0, 0.05) is 76.3 Å². The van der Waals surface area contributed by atoms with Crippen molar-refractivity contribution in [3.05, 3.63) is 46.7 Å². The van der Waals surface area contributed by atoms with Gasteiger partial charge in [-0.05, 0) is 50.9 Å². The van der Waals surface area contributed by atoms with Gasteiger partial charge in [-0.15, -0.1) is 11.3 Å². The lowest BCUT2D eigenvalue weighted by Gasteiger charge is -2.34. The minimum Gasteiger partial charge on any atom is -0.493 e. The lowest BCUT2D eigenvalue weighted by molar-refractivity contribution is -0.138. The van der Waals surface area contributed by atoms with E-state index in [1.165, 1.54) is 23.6 Å². The molecule has 0 spiro atoms. The smallest absolute Gasteiger partial charge is 0.419 e. The Kier molecular flexibility index (Phi) is 15.6. The van der Waals surface area contributed by atoms with Crippen molar-refractivity contribution in [3.8, 4) is 17.0 Å². The molecule has 48 heavy (non-hydrogen) atoms. The van der Waals surface area contributed by atoms with Crippen LogP contribution in [0.3, 0.4) is 0 Å². The van der Waals surface area contributed by atoms with E-state index >= 15 is 0 Å². The zero-order valence-corrected chi connectivity index (χ0v) is 28.8. The summed E-state index contributed by atoms with van der Waals surface area (Å²) in [7, 11) is 2.77. The fourth-order valence-electron chi connectivity index (χ4n) is 5.43. The first-order valence-electron chi connectivity index (χ1n) is 16.1. The molecule has 11 nitrogen and oxygen atoms in total. The van der Waals surface area contributed by atoms with Gasteiger partial charge in [0.1, 0.15) is 23.5 Å². The molecule has 2 saturated heterocycles. The Labute approximate surface area is 284 Å². The maximum atomic E-state index is 13.6. The number of rotatable bonds is 12. The number of halogens is 3. The quantitative estimate of drug-likeness (QED) is 0.242. The zero-order valence-electron chi connectivity index (χ0n) is 28.0. The van der Waals surface area contributed by atoms with Crippen molar-refractivity contribution >= 4 is 34.9 Å². The molecule has 264 valence electrons. The molecule has 4 heterocycles. The molecule has 2 aliphatic heterocycles. The highest BCUT2D eigenvalue weighted by Gasteiger charge is 2.35. The molecule has 0 bridgehead atoms. The van der Waals surface area contributed by atoms with E-state index in [1.807, 2.05) is 6.92 Å². The van der Waals surface area contributed by atoms with Crippen molar-refractivity contribution < 1.29 is 32.6 Å². The van der Waals surface area contributed by atoms with Crippen LogP contribution in [0, 0.1) is 0 Å². The van der Waals surface area contributed by atoms with Gasteiger partial charge in [-0.1, -0.05) is 6.92 Å². The second kappa shape index (κ2) is 19.4. The van der Waals surface area contributed by atoms with Crippen LogP contribution in [-0.4, -0.2) is 109 Å². The molecule has 0 saturated carbocycles. The highest BCUT2D eigenvalue weighted by atomic mass is 32.1. The Morgan fingerprint density at radius 1 is 1.10 bits per heavy atom. The number of carbonyl (C=O) groups is 2. The van der Waals surface area contributed by atoms with E-state index in [-0.39, 0.29) is 12.4 Å². The predicted molar refractivity (Wildman–Crippen MR) is 182 cm³/mol. The summed E-state index contributed by atoms with van der Waals surface area (Å²) in [5, 5.41) is 10.7. The Hall–Kier alpha value is -3.66. The highest BCUT2D eigenvalue weighted by molar-refractivity contribution is 7.16. The van der Waals surface area contributed by atoms with Crippen LogP contribution in [0.25, 0.3) is 11.3 Å². The summed E-state index contributed by atoms with van der Waals surface area (Å²) in [6, 6.07) is 4.72. The van der Waals surface area contributed by atoms with Crippen molar-refractivity contribution in [1.82, 2.24) is 24.8 Å². The van der Waals surface area contributed by atoms with E-state index in [0.717, 1.165) is 82.3 Å². The normalized spacial score (nSPS) is 16.8. The number of benzene rings is 1. The van der Waals surface area contributed by atoms with Gasteiger partial charge in [-0.3, -0.25) is 14.6 Å². The van der Waals surface area contributed by atoms with Crippen molar-refractivity contribution in [3.63, 3.8) is 0 Å². The zero-order chi connectivity index (χ0) is 35.1. The SMILES string of the molecule is CCCOc1ccc(-c2nc(NC)sc2CN2CCCC2C)cc1C(F)(F)F.CO.O=CCCN1CCN(c2cnc(C=O)cn2)CC1. The summed E-state index contributed by atoms with van der Waals surface area (Å²) in [6.45, 7) is 10.4. The molecule has 1 aromatic carbocycles. The number of ether oxygens (including phenoxy) is 1. The third kappa shape index (κ3) is 10.9. The van der Waals surface area contributed by atoms with Crippen LogP contribution in [0.15, 0.2) is 30.6 Å². The number of anilines is 2. The molecule has 3 aromatic rings. The molecule has 2 aliphatic rings. The van der Waals surface area contributed by atoms with E-state index in [1.54, 1.807) is 19.3 Å². The minimum atomic E-state index is -4.48. The third-order valence-corrected chi connectivity index (χ3v) is 9.06. The van der Waals surface area contributed by atoms with E-state index in [0.29, 0.717) is 53.8 Å². The van der Waals surface area contributed by atoms with E-state index in [2.05, 4.69) is 41.9 Å². The van der Waals surface area contributed by atoms with Gasteiger partial charge in [0.25, 0.3) is 0 Å². The van der Waals surface area contributed by atoms with Crippen LogP contribution in [0.5, 0.6) is 5.75 Å². The monoisotopic (exact) mass is 693 g/mol. The number of nitrogens with one attached hydrogen (secondary N) is 1. The van der Waals surface area contributed by atoms with Gasteiger partial charge < -0.3 is 24.9 Å². The van der Waals surface area contributed by atoms with Gasteiger partial charge in [-0.25, -0.2) is 15.0 Å². The summed E-state index contributed by atoms with van der Waals surface area (Å²) >= 11 is 1.50. The van der Waals surface area contributed by atoms with Crippen LogP contribution in [0.4, 0.5) is 24.1 Å². The Bertz CT molecular complexity index is 1420. The average Bonchev–Trinajstić information content (AvgIpc) is 3.72. The number of hydrogen-bond acceptors (Lipinski definition) is 12. The molecule has 1 atom stereocenters. The molecular formula is C33H46F3N7O4S. The van der Waals surface area contributed by atoms with Crippen LogP contribution in [-0.2, 0) is 17.5 Å². The molecule has 2 fully saturated rings. The number of nitrogens with zero attached hydrogens (tertiary/aromatic N) is 6. The van der Waals surface area contributed by atoms with Gasteiger partial charge in [0.05, 0.1) is 30.3 Å². The number of thiazole rings is 1. The molecule has 0 radical (unpaired) electrons. The fourth-order valence-corrected chi connectivity index (χ4v) is 6.39. The molecule has 15 heteroatoms. The standard InChI is InChI=1S/C20H26F3N3OS.C12H16N4O2.CH4O/c1-4-10-27-16-8-7-14(11-15(16)20(21,22)23)18-17(28-19(24-3)25-18)12-26-9-5-6-13(26)2;17-7-1-2-15-3-5-16(6-4-15)12-9-13-11(10-18)8-14-12;1-2/h7-8,11,13H,4-6,9-10,12H2,1-3H3,(H,24,25);7-10H,1-6H2;2H,1H3. The number of hydrogen-bond donors (Lipinski definition) is 2. The average molecular weight is 694 g/mol. The molecule has 5 rings (SSSR count). The topological polar surface area (TPSA) is 124 Å². The summed E-state index contributed by atoms with van der Waals surface area (Å²) in [5.41, 5.74) is 0.679. The Balaban J connectivity index is 0.000000269. The third-order valence-electron chi connectivity index (χ3n) is 8.01. The second-order valence-electron chi connectivity index (χ2n) is 11.3. The lowest BCUT2D eigenvalue weighted by Crippen LogP contribution is -2.47. The maximum Gasteiger partial charge on any atom is 0.419 e. The Morgan fingerprint density at radius 2 is 1.85 bits per heavy atom. The van der Waals surface area contributed by atoms with Crippen molar-refractivity contribution in [2.45, 2.75) is 58.3 Å². The van der Waals surface area contributed by atoms with E-state index in [4.69, 9.17) is 9.84 Å². The van der Waals surface area contributed by atoms with Crippen molar-refractivity contribution in [2.24, 2.45) is 0 Å². The van der Waals surface area contributed by atoms with Crippen molar-refractivity contribution in [1.29, 1.82) is 0 Å². The number of aromatic nitrogens is 3. The highest BCUT2D eigenvalue weighted by Crippen LogP contribution is 2.41. The number of aliphatic hydroxyl groups excluding tert-OH is 1. The molecule has 2 aromatic heterocycles. The summed E-state index contributed by atoms with van der Waals surface area (Å²) < 4.78 is 46.1. The van der Waals surface area contributed by atoms with Gasteiger partial charge in [0.2, 0.25) is 0 Å². The van der Waals surface area contributed by atoms with E-state index < -0.39 is 11.7 Å². The van der Waals surface area contributed by atoms with Crippen LogP contribution >= 0.6 is 11.3 Å². The number of piperazine rings is 1. The fraction of sp³-hybridized carbons (Fsp3) is 0.545. The number of carbonyl (C=O) groups excluding carboxylic acids is 2. The summed E-state index contributed by atoms with van der Waals surface area (Å²) in [4.78, 5) is 41.3.